The van der Waals surface area contributed by atoms with Gasteiger partial charge in [-0.1, -0.05) is 0 Å². The molecule has 0 bridgehead atoms. The average Bonchev–Trinajstić information content (AvgIpc) is 2.76. The van der Waals surface area contributed by atoms with E-state index in [2.05, 4.69) is 5.32 Å². The van der Waals surface area contributed by atoms with Crippen molar-refractivity contribution < 1.29 is 9.53 Å². The third kappa shape index (κ3) is 2.42. The van der Waals surface area contributed by atoms with Crippen LogP contribution in [0.15, 0.2) is 18.2 Å². The lowest BCUT2D eigenvalue weighted by molar-refractivity contribution is 0.0980. The Bertz CT molecular complexity index is 388. The van der Waals surface area contributed by atoms with Gasteiger partial charge in [0.1, 0.15) is 5.75 Å². The molecule has 0 fully saturated rings. The highest BCUT2D eigenvalue weighted by molar-refractivity contribution is 5.96. The van der Waals surface area contributed by atoms with Crippen LogP contribution in [0.25, 0.3) is 0 Å². The summed E-state index contributed by atoms with van der Waals surface area (Å²) in [4.78, 5) is 11.9. The van der Waals surface area contributed by atoms with E-state index in [0.29, 0.717) is 6.42 Å². The van der Waals surface area contributed by atoms with E-state index in [4.69, 9.17) is 4.74 Å². The Morgan fingerprint density at radius 3 is 3.19 bits per heavy atom. The maximum Gasteiger partial charge on any atom is 0.162 e. The molecule has 1 aliphatic heterocycles. The maximum atomic E-state index is 11.9. The third-order valence-electron chi connectivity index (χ3n) is 2.84. The van der Waals surface area contributed by atoms with E-state index in [1.807, 2.05) is 25.2 Å². The normalized spacial score (nSPS) is 13.3. The molecule has 16 heavy (non-hydrogen) atoms. The van der Waals surface area contributed by atoms with E-state index in [-0.39, 0.29) is 5.78 Å². The standard InChI is InChI=1S/C13H17NO2/c1-14-7-2-3-12(15)10-4-5-13-11(9-10)6-8-16-13/h4-5,9,14H,2-3,6-8H2,1H3. The molecule has 0 spiro atoms. The summed E-state index contributed by atoms with van der Waals surface area (Å²) in [7, 11) is 1.90. The topological polar surface area (TPSA) is 38.3 Å². The van der Waals surface area contributed by atoms with Gasteiger partial charge in [0.2, 0.25) is 0 Å². The smallest absolute Gasteiger partial charge is 0.162 e. The van der Waals surface area contributed by atoms with E-state index < -0.39 is 0 Å². The lowest BCUT2D eigenvalue weighted by Crippen LogP contribution is -2.10. The van der Waals surface area contributed by atoms with Crippen molar-refractivity contribution >= 4 is 5.78 Å². The number of fused-ring (bicyclic) bond motifs is 1. The minimum atomic E-state index is 0.227. The molecule has 2 rings (SSSR count). The largest absolute Gasteiger partial charge is 0.493 e. The van der Waals surface area contributed by atoms with Gasteiger partial charge >= 0.3 is 0 Å². The Hall–Kier alpha value is -1.35. The van der Waals surface area contributed by atoms with Crippen LogP contribution in [0.3, 0.4) is 0 Å². The van der Waals surface area contributed by atoms with Crippen LogP contribution in [0.5, 0.6) is 5.75 Å². The van der Waals surface area contributed by atoms with Crippen LogP contribution in [-0.4, -0.2) is 26.0 Å². The van der Waals surface area contributed by atoms with Crippen molar-refractivity contribution in [1.29, 1.82) is 0 Å². The van der Waals surface area contributed by atoms with E-state index in [0.717, 1.165) is 37.3 Å². The average molecular weight is 219 g/mol. The van der Waals surface area contributed by atoms with Crippen molar-refractivity contribution in [3.05, 3.63) is 29.3 Å². The molecule has 0 aromatic heterocycles. The van der Waals surface area contributed by atoms with Gasteiger partial charge in [0.05, 0.1) is 6.61 Å². The van der Waals surface area contributed by atoms with Crippen LogP contribution in [0.2, 0.25) is 0 Å². The molecule has 0 saturated carbocycles. The van der Waals surface area contributed by atoms with Crippen molar-refractivity contribution in [3.8, 4) is 5.75 Å². The molecule has 3 nitrogen and oxygen atoms in total. The minimum absolute atomic E-state index is 0.227. The van der Waals surface area contributed by atoms with Crippen LogP contribution in [-0.2, 0) is 6.42 Å². The number of Topliss-reactive ketones (excluding diaryl/α,β-unsaturated/α-hetero) is 1. The molecule has 3 heteroatoms. The lowest BCUT2D eigenvalue weighted by Gasteiger charge is -2.03. The first kappa shape index (κ1) is 11.1. The highest BCUT2D eigenvalue weighted by Crippen LogP contribution is 2.26. The number of ether oxygens (including phenoxy) is 1. The zero-order chi connectivity index (χ0) is 11.4. The zero-order valence-corrected chi connectivity index (χ0v) is 9.58. The third-order valence-corrected chi connectivity index (χ3v) is 2.84. The van der Waals surface area contributed by atoms with Crippen LogP contribution >= 0.6 is 0 Å². The predicted octanol–water partition coefficient (Wildman–Crippen LogP) is 1.80. The minimum Gasteiger partial charge on any atom is -0.493 e. The van der Waals surface area contributed by atoms with E-state index in [1.165, 1.54) is 5.56 Å². The highest BCUT2D eigenvalue weighted by atomic mass is 16.5. The fourth-order valence-electron chi connectivity index (χ4n) is 1.93. The number of hydrogen-bond acceptors (Lipinski definition) is 3. The van der Waals surface area contributed by atoms with Crippen LogP contribution < -0.4 is 10.1 Å². The first-order valence-electron chi connectivity index (χ1n) is 5.75. The summed E-state index contributed by atoms with van der Waals surface area (Å²) < 4.78 is 5.41. The fourth-order valence-corrected chi connectivity index (χ4v) is 1.93. The van der Waals surface area contributed by atoms with Crippen LogP contribution in [0, 0.1) is 0 Å². The predicted molar refractivity (Wildman–Crippen MR) is 63.1 cm³/mol. The molecule has 86 valence electrons. The summed E-state index contributed by atoms with van der Waals surface area (Å²) in [5.41, 5.74) is 1.99. The summed E-state index contributed by atoms with van der Waals surface area (Å²) in [6.45, 7) is 1.63. The van der Waals surface area contributed by atoms with Crippen molar-refractivity contribution in [2.45, 2.75) is 19.3 Å². The second-order valence-electron chi connectivity index (χ2n) is 4.05. The van der Waals surface area contributed by atoms with Crippen LogP contribution in [0.1, 0.15) is 28.8 Å². The summed E-state index contributed by atoms with van der Waals surface area (Å²) in [5, 5.41) is 3.04. The second kappa shape index (κ2) is 5.12. The Kier molecular flexibility index (Phi) is 3.57. The molecule has 0 atom stereocenters. The van der Waals surface area contributed by atoms with Gasteiger partial charge in [0.15, 0.2) is 5.78 Å². The number of ketones is 1. The highest BCUT2D eigenvalue weighted by Gasteiger charge is 2.14. The molecule has 0 saturated heterocycles. The summed E-state index contributed by atoms with van der Waals surface area (Å²) in [5.74, 6) is 1.16. The van der Waals surface area contributed by atoms with Crippen molar-refractivity contribution in [3.63, 3.8) is 0 Å². The van der Waals surface area contributed by atoms with Crippen molar-refractivity contribution in [2.75, 3.05) is 20.2 Å². The summed E-state index contributed by atoms with van der Waals surface area (Å²) in [6.07, 6.45) is 2.43. The van der Waals surface area contributed by atoms with E-state index in [9.17, 15) is 4.79 Å². The van der Waals surface area contributed by atoms with E-state index >= 15 is 0 Å². The molecule has 1 aliphatic rings. The molecular weight excluding hydrogens is 202 g/mol. The molecular formula is C13H17NO2. The second-order valence-corrected chi connectivity index (χ2v) is 4.05. The van der Waals surface area contributed by atoms with Gasteiger partial charge in [-0.15, -0.1) is 0 Å². The molecule has 0 radical (unpaired) electrons. The quantitative estimate of drug-likeness (QED) is 0.606. The monoisotopic (exact) mass is 219 g/mol. The molecule has 1 N–H and O–H groups in total. The first-order valence-corrected chi connectivity index (χ1v) is 5.75. The number of rotatable bonds is 5. The summed E-state index contributed by atoms with van der Waals surface area (Å²) >= 11 is 0. The Morgan fingerprint density at radius 2 is 2.38 bits per heavy atom. The molecule has 1 aromatic carbocycles. The molecule has 0 unspecified atom stereocenters. The van der Waals surface area contributed by atoms with Gasteiger partial charge in [-0.25, -0.2) is 0 Å². The molecule has 1 heterocycles. The van der Waals surface area contributed by atoms with Gasteiger partial charge < -0.3 is 10.1 Å². The lowest BCUT2D eigenvalue weighted by atomic mass is 10.0. The Labute approximate surface area is 95.8 Å². The van der Waals surface area contributed by atoms with Gasteiger partial charge in [-0.05, 0) is 43.8 Å². The van der Waals surface area contributed by atoms with Crippen molar-refractivity contribution in [2.24, 2.45) is 0 Å². The van der Waals surface area contributed by atoms with E-state index in [1.54, 1.807) is 0 Å². The number of carbonyl (C=O) groups is 1. The van der Waals surface area contributed by atoms with Gasteiger partial charge in [-0.2, -0.15) is 0 Å². The number of benzene rings is 1. The Balaban J connectivity index is 2.01. The van der Waals surface area contributed by atoms with Crippen molar-refractivity contribution in [1.82, 2.24) is 5.32 Å². The van der Waals surface area contributed by atoms with Crippen LogP contribution in [0.4, 0.5) is 0 Å². The van der Waals surface area contributed by atoms with Gasteiger partial charge in [0, 0.05) is 18.4 Å². The van der Waals surface area contributed by atoms with Gasteiger partial charge in [0.25, 0.3) is 0 Å². The number of carbonyl (C=O) groups excluding carboxylic acids is 1. The Morgan fingerprint density at radius 1 is 1.50 bits per heavy atom. The van der Waals surface area contributed by atoms with Gasteiger partial charge in [-0.3, -0.25) is 4.79 Å². The molecule has 0 aliphatic carbocycles. The zero-order valence-electron chi connectivity index (χ0n) is 9.58. The fraction of sp³-hybridized carbons (Fsp3) is 0.462. The number of hydrogen-bond donors (Lipinski definition) is 1. The maximum absolute atomic E-state index is 11.9. The molecule has 0 amide bonds. The SMILES string of the molecule is CNCCCC(=O)c1ccc2c(c1)CCO2. The first-order chi connectivity index (χ1) is 7.81. The molecule has 1 aromatic rings. The number of nitrogens with one attached hydrogen (secondary N) is 1. The summed E-state index contributed by atoms with van der Waals surface area (Å²) in [6, 6.07) is 5.75.